The smallest absolute Gasteiger partial charge is 0.0726 e. The summed E-state index contributed by atoms with van der Waals surface area (Å²) >= 11 is 0. The van der Waals surface area contributed by atoms with Crippen LogP contribution in [-0.4, -0.2) is 4.57 Å². The number of benzene rings is 13. The lowest BCUT2D eigenvalue weighted by Gasteiger charge is -2.33. The minimum absolute atomic E-state index is 0.521. The minimum atomic E-state index is -0.521. The van der Waals surface area contributed by atoms with E-state index in [2.05, 4.69) is 276 Å². The lowest BCUT2D eigenvalue weighted by Crippen LogP contribution is -2.26. The van der Waals surface area contributed by atoms with Gasteiger partial charge in [-0.05, 0) is 160 Å². The SMILES string of the molecule is c1ccc(-c2cc3c(cc2N(c2ccc4cc5c6ccccc6n(-c6ccccc6)c5cc4c2)c2ccc4c5ccccc5c5ccccc5c4c2)C2(c4ccccc4-c4ccccc42)c2ccccc2-3)cc1. The van der Waals surface area contributed by atoms with Crippen LogP contribution in [0, 0.1) is 0 Å². The molecule has 13 aromatic carbocycles. The first-order valence-electron chi connectivity index (χ1n) is 25.4. The van der Waals surface area contributed by atoms with E-state index in [1.54, 1.807) is 0 Å². The zero-order valence-corrected chi connectivity index (χ0v) is 39.8. The van der Waals surface area contributed by atoms with Crippen LogP contribution >= 0.6 is 0 Å². The van der Waals surface area contributed by atoms with Gasteiger partial charge >= 0.3 is 0 Å². The summed E-state index contributed by atoms with van der Waals surface area (Å²) in [6.45, 7) is 0. The molecule has 0 radical (unpaired) electrons. The van der Waals surface area contributed by atoms with Crippen LogP contribution in [0.25, 0.3) is 104 Å². The molecule has 0 saturated carbocycles. The average Bonchev–Trinajstić information content (AvgIpc) is 4.07. The summed E-state index contributed by atoms with van der Waals surface area (Å²) in [4.78, 5) is 2.56. The summed E-state index contributed by atoms with van der Waals surface area (Å²) in [5, 5.41) is 12.4. The van der Waals surface area contributed by atoms with Crippen molar-refractivity contribution in [1.29, 1.82) is 0 Å². The molecule has 2 aliphatic rings. The fourth-order valence-electron chi connectivity index (χ4n) is 13.3. The van der Waals surface area contributed by atoms with Crippen LogP contribution < -0.4 is 4.90 Å². The lowest BCUT2D eigenvalue weighted by molar-refractivity contribution is 0.794. The Morgan fingerprint density at radius 2 is 0.781 bits per heavy atom. The third-order valence-electron chi connectivity index (χ3n) is 16.3. The zero-order valence-electron chi connectivity index (χ0n) is 39.8. The van der Waals surface area contributed by atoms with Crippen molar-refractivity contribution in [3.05, 3.63) is 289 Å². The van der Waals surface area contributed by atoms with Crippen LogP contribution in [0.15, 0.2) is 267 Å². The van der Waals surface area contributed by atoms with E-state index in [9.17, 15) is 0 Å². The molecule has 0 bridgehead atoms. The molecule has 0 unspecified atom stereocenters. The second-order valence-electron chi connectivity index (χ2n) is 19.9. The van der Waals surface area contributed by atoms with Crippen molar-refractivity contribution in [3.63, 3.8) is 0 Å². The highest BCUT2D eigenvalue weighted by atomic mass is 15.1. The fourth-order valence-corrected chi connectivity index (χ4v) is 13.3. The van der Waals surface area contributed by atoms with Crippen molar-refractivity contribution in [2.75, 3.05) is 4.90 Å². The van der Waals surface area contributed by atoms with Crippen LogP contribution in [0.2, 0.25) is 0 Å². The number of anilines is 3. The maximum atomic E-state index is 2.57. The number of hydrogen-bond donors (Lipinski definition) is 0. The van der Waals surface area contributed by atoms with Gasteiger partial charge in [0, 0.05) is 33.4 Å². The molecule has 0 atom stereocenters. The van der Waals surface area contributed by atoms with Crippen LogP contribution in [0.4, 0.5) is 17.1 Å². The number of fused-ring (bicyclic) bond motifs is 20. The molecule has 2 aliphatic carbocycles. The Morgan fingerprint density at radius 3 is 1.44 bits per heavy atom. The molecule has 1 aromatic heterocycles. The molecule has 2 heteroatoms. The normalized spacial score (nSPS) is 13.0. The molecule has 0 fully saturated rings. The van der Waals surface area contributed by atoms with Gasteiger partial charge in [0.15, 0.2) is 0 Å². The highest BCUT2D eigenvalue weighted by Gasteiger charge is 2.52. The molecule has 1 spiro atoms. The summed E-state index contributed by atoms with van der Waals surface area (Å²) in [5.74, 6) is 0. The third kappa shape index (κ3) is 5.58. The lowest BCUT2D eigenvalue weighted by atomic mass is 9.70. The Kier molecular flexibility index (Phi) is 8.41. The van der Waals surface area contributed by atoms with Gasteiger partial charge in [-0.3, -0.25) is 0 Å². The van der Waals surface area contributed by atoms with Gasteiger partial charge < -0.3 is 9.47 Å². The topological polar surface area (TPSA) is 8.17 Å². The highest BCUT2D eigenvalue weighted by molar-refractivity contribution is 6.26. The predicted octanol–water partition coefficient (Wildman–Crippen LogP) is 18.9. The molecular formula is C71H44N2. The number of hydrogen-bond acceptors (Lipinski definition) is 1. The first kappa shape index (κ1) is 40.3. The molecule has 0 saturated heterocycles. The highest BCUT2D eigenvalue weighted by Crippen LogP contribution is 2.64. The van der Waals surface area contributed by atoms with Gasteiger partial charge in [0.1, 0.15) is 0 Å². The van der Waals surface area contributed by atoms with E-state index in [0.29, 0.717) is 0 Å². The molecule has 16 rings (SSSR count). The van der Waals surface area contributed by atoms with Gasteiger partial charge in [0.25, 0.3) is 0 Å². The quantitative estimate of drug-likeness (QED) is 0.156. The largest absolute Gasteiger partial charge is 0.310 e. The molecule has 1 heterocycles. The second-order valence-corrected chi connectivity index (χ2v) is 19.9. The van der Waals surface area contributed by atoms with Crippen molar-refractivity contribution in [3.8, 4) is 39.1 Å². The number of aromatic nitrogens is 1. The second kappa shape index (κ2) is 15.3. The fraction of sp³-hybridized carbons (Fsp3) is 0.0141. The van der Waals surface area contributed by atoms with Gasteiger partial charge in [-0.1, -0.05) is 200 Å². The van der Waals surface area contributed by atoms with Gasteiger partial charge in [-0.2, -0.15) is 0 Å². The van der Waals surface area contributed by atoms with Crippen LogP contribution in [0.3, 0.4) is 0 Å². The Morgan fingerprint density at radius 1 is 0.274 bits per heavy atom. The van der Waals surface area contributed by atoms with Gasteiger partial charge in [-0.15, -0.1) is 0 Å². The average molecular weight is 925 g/mol. The summed E-state index contributed by atoms with van der Waals surface area (Å²) in [5.41, 5.74) is 19.1. The van der Waals surface area contributed by atoms with Crippen LogP contribution in [-0.2, 0) is 5.41 Å². The van der Waals surface area contributed by atoms with Crippen LogP contribution in [0.1, 0.15) is 22.3 Å². The molecular weight excluding hydrogens is 881 g/mol. The van der Waals surface area contributed by atoms with E-state index in [4.69, 9.17) is 0 Å². The van der Waals surface area contributed by atoms with E-state index in [-0.39, 0.29) is 0 Å². The van der Waals surface area contributed by atoms with Crippen molar-refractivity contribution in [2.24, 2.45) is 0 Å². The van der Waals surface area contributed by atoms with Crippen molar-refractivity contribution < 1.29 is 0 Å². The molecule has 2 nitrogen and oxygen atoms in total. The van der Waals surface area contributed by atoms with E-state index >= 15 is 0 Å². The Hall–Kier alpha value is -9.50. The van der Waals surface area contributed by atoms with Gasteiger partial charge in [0.05, 0.1) is 22.1 Å². The van der Waals surface area contributed by atoms with Crippen molar-refractivity contribution >= 4 is 82.0 Å². The van der Waals surface area contributed by atoms with E-state index in [1.807, 2.05) is 0 Å². The Bertz CT molecular complexity index is 4540. The van der Waals surface area contributed by atoms with Crippen molar-refractivity contribution in [2.45, 2.75) is 5.41 Å². The summed E-state index contributed by atoms with van der Waals surface area (Å²) < 4.78 is 2.43. The molecule has 0 N–H and O–H groups in total. The first-order valence-corrected chi connectivity index (χ1v) is 25.4. The summed E-state index contributed by atoms with van der Waals surface area (Å²) in [7, 11) is 0. The van der Waals surface area contributed by atoms with Gasteiger partial charge in [0.2, 0.25) is 0 Å². The van der Waals surface area contributed by atoms with Crippen LogP contribution in [0.5, 0.6) is 0 Å². The molecule has 73 heavy (non-hydrogen) atoms. The summed E-state index contributed by atoms with van der Waals surface area (Å²) in [6, 6.07) is 100. The standard InChI is InChI=1S/C71H44N2/c1-3-19-45(20-4-1)60-43-62-58-29-13-17-33-66(58)71(64-31-15-11-27-56(64)57-28-12-16-32-65(57)71)67(62)44-70(60)72(50-37-38-55-53-25-8-7-23-51(53)52-24-9-10-26-54(52)61(55)42-50)49-36-35-46-40-63-59-30-14-18-34-68(59)73(48-21-5-2-6-22-48)69(63)41-47(46)39-49/h1-44H. The molecule has 338 valence electrons. The van der Waals surface area contributed by atoms with E-state index < -0.39 is 5.41 Å². The zero-order chi connectivity index (χ0) is 47.8. The maximum absolute atomic E-state index is 2.57. The molecule has 14 aromatic rings. The predicted molar refractivity (Wildman–Crippen MR) is 307 cm³/mol. The third-order valence-corrected chi connectivity index (χ3v) is 16.3. The maximum Gasteiger partial charge on any atom is 0.0726 e. The minimum Gasteiger partial charge on any atom is -0.310 e. The van der Waals surface area contributed by atoms with Gasteiger partial charge in [-0.25, -0.2) is 0 Å². The molecule has 0 aliphatic heterocycles. The number of para-hydroxylation sites is 2. The monoisotopic (exact) mass is 924 g/mol. The summed E-state index contributed by atoms with van der Waals surface area (Å²) in [6.07, 6.45) is 0. The number of rotatable bonds is 5. The Balaban J connectivity index is 1.03. The molecule has 0 amide bonds. The van der Waals surface area contributed by atoms with E-state index in [1.165, 1.54) is 121 Å². The van der Waals surface area contributed by atoms with Crippen molar-refractivity contribution in [1.82, 2.24) is 4.57 Å². The Labute approximate surface area is 422 Å². The number of nitrogens with zero attached hydrogens (tertiary/aromatic N) is 2. The first-order chi connectivity index (χ1) is 36.2. The van der Waals surface area contributed by atoms with E-state index in [0.717, 1.165) is 22.7 Å².